The quantitative estimate of drug-likeness (QED) is 0.408. The summed E-state index contributed by atoms with van der Waals surface area (Å²) in [6, 6.07) is 10.1. The molecule has 3 aromatic rings. The molecule has 2 fully saturated rings. The summed E-state index contributed by atoms with van der Waals surface area (Å²) < 4.78 is 16.3. The number of carbonyl (C=O) groups excluding carboxylic acids is 2. The van der Waals surface area contributed by atoms with E-state index in [9.17, 15) is 14.0 Å². The summed E-state index contributed by atoms with van der Waals surface area (Å²) in [5.41, 5.74) is 1.45. The molecule has 9 heteroatoms. The van der Waals surface area contributed by atoms with Gasteiger partial charge in [-0.25, -0.2) is 4.39 Å². The summed E-state index contributed by atoms with van der Waals surface area (Å²) in [5.74, 6) is -0.562. The van der Waals surface area contributed by atoms with Crippen LogP contribution in [0.4, 0.5) is 10.1 Å². The van der Waals surface area contributed by atoms with Crippen LogP contribution in [-0.4, -0.2) is 34.2 Å². The van der Waals surface area contributed by atoms with Crippen LogP contribution in [0.25, 0.3) is 10.9 Å². The SMILES string of the molecule is CC(C)n1nc(C(=O)NC2CCC3(CC2)CCN(c2ccc(F)cc2Cl)C3=O)c2ccc(Br)cc21. The predicted octanol–water partition coefficient (Wildman–Crippen LogP) is 6.27. The Morgan fingerprint density at radius 2 is 1.94 bits per heavy atom. The second-order valence-electron chi connectivity index (χ2n) is 9.88. The van der Waals surface area contributed by atoms with Crippen LogP contribution in [0.15, 0.2) is 40.9 Å². The summed E-state index contributed by atoms with van der Waals surface area (Å²) in [5, 5.41) is 8.85. The molecule has 1 aliphatic heterocycles. The average Bonchev–Trinajstić information content (AvgIpc) is 3.34. The number of benzene rings is 2. The van der Waals surface area contributed by atoms with Gasteiger partial charge in [0.25, 0.3) is 5.91 Å². The van der Waals surface area contributed by atoms with Crippen molar-refractivity contribution >= 4 is 55.9 Å². The van der Waals surface area contributed by atoms with Gasteiger partial charge in [-0.3, -0.25) is 14.3 Å². The third kappa shape index (κ3) is 4.35. The van der Waals surface area contributed by atoms with Gasteiger partial charge in [0.2, 0.25) is 5.91 Å². The Kier molecular flexibility index (Phi) is 6.38. The lowest BCUT2D eigenvalue weighted by Gasteiger charge is -2.36. The fraction of sp³-hybridized carbons (Fsp3) is 0.423. The van der Waals surface area contributed by atoms with E-state index in [0.29, 0.717) is 30.8 Å². The molecule has 1 aliphatic carbocycles. The van der Waals surface area contributed by atoms with E-state index >= 15 is 0 Å². The Bertz CT molecular complexity index is 1320. The first-order valence-corrected chi connectivity index (χ1v) is 13.1. The highest BCUT2D eigenvalue weighted by Crippen LogP contribution is 2.47. The molecule has 0 radical (unpaired) electrons. The molecule has 0 atom stereocenters. The van der Waals surface area contributed by atoms with Crippen molar-refractivity contribution in [3.05, 3.63) is 57.4 Å². The van der Waals surface area contributed by atoms with Crippen molar-refractivity contribution in [1.29, 1.82) is 0 Å². The van der Waals surface area contributed by atoms with Crippen LogP contribution in [0.2, 0.25) is 5.02 Å². The molecule has 35 heavy (non-hydrogen) atoms. The van der Waals surface area contributed by atoms with Crippen LogP contribution in [0.1, 0.15) is 62.5 Å². The average molecular weight is 562 g/mol. The van der Waals surface area contributed by atoms with Gasteiger partial charge in [0.15, 0.2) is 5.69 Å². The number of nitrogens with one attached hydrogen (secondary N) is 1. The molecule has 2 aliphatic rings. The van der Waals surface area contributed by atoms with Crippen molar-refractivity contribution in [2.75, 3.05) is 11.4 Å². The molecule has 0 unspecified atom stereocenters. The second kappa shape index (κ2) is 9.21. The highest BCUT2D eigenvalue weighted by molar-refractivity contribution is 9.10. The van der Waals surface area contributed by atoms with E-state index in [1.165, 1.54) is 12.1 Å². The van der Waals surface area contributed by atoms with Crippen LogP contribution in [0.5, 0.6) is 0 Å². The van der Waals surface area contributed by atoms with Crippen LogP contribution in [-0.2, 0) is 4.79 Å². The third-order valence-corrected chi connectivity index (χ3v) is 8.16. The number of hydrogen-bond acceptors (Lipinski definition) is 3. The molecule has 1 saturated carbocycles. The van der Waals surface area contributed by atoms with Gasteiger partial charge < -0.3 is 10.2 Å². The highest BCUT2D eigenvalue weighted by Gasteiger charge is 2.49. The summed E-state index contributed by atoms with van der Waals surface area (Å²) >= 11 is 9.73. The van der Waals surface area contributed by atoms with E-state index in [0.717, 1.165) is 34.6 Å². The molecule has 1 N–H and O–H groups in total. The third-order valence-electron chi connectivity index (χ3n) is 7.36. The minimum atomic E-state index is -0.447. The van der Waals surface area contributed by atoms with Gasteiger partial charge in [-0.2, -0.15) is 5.10 Å². The van der Waals surface area contributed by atoms with E-state index in [4.69, 9.17) is 11.6 Å². The monoisotopic (exact) mass is 560 g/mol. The molecule has 2 aromatic carbocycles. The Morgan fingerprint density at radius 3 is 2.63 bits per heavy atom. The standard InChI is InChI=1S/C26H27BrClFN4O2/c1-15(2)33-22-13-16(27)3-5-19(22)23(31-33)24(34)30-18-7-9-26(10-8-18)11-12-32(25(26)35)21-6-4-17(29)14-20(21)28/h3-6,13-15,18H,7-12H2,1-2H3,(H,30,34). The van der Waals surface area contributed by atoms with Crippen molar-refractivity contribution < 1.29 is 14.0 Å². The van der Waals surface area contributed by atoms with Crippen LogP contribution >= 0.6 is 27.5 Å². The maximum atomic E-state index is 13.5. The summed E-state index contributed by atoms with van der Waals surface area (Å²) in [6.45, 7) is 4.64. The molecule has 2 amide bonds. The minimum Gasteiger partial charge on any atom is -0.348 e. The number of fused-ring (bicyclic) bond motifs is 1. The lowest BCUT2D eigenvalue weighted by molar-refractivity contribution is -0.127. The van der Waals surface area contributed by atoms with Gasteiger partial charge in [0.1, 0.15) is 5.82 Å². The van der Waals surface area contributed by atoms with Crippen LogP contribution < -0.4 is 10.2 Å². The maximum absolute atomic E-state index is 13.5. The Balaban J connectivity index is 1.28. The first-order valence-electron chi connectivity index (χ1n) is 11.9. The number of carbonyl (C=O) groups is 2. The molecule has 184 valence electrons. The first-order chi connectivity index (χ1) is 16.7. The van der Waals surface area contributed by atoms with Gasteiger partial charge in [-0.15, -0.1) is 0 Å². The number of hydrogen-bond donors (Lipinski definition) is 1. The minimum absolute atomic E-state index is 0.0147. The Hall–Kier alpha value is -2.45. The topological polar surface area (TPSA) is 67.2 Å². The summed E-state index contributed by atoms with van der Waals surface area (Å²) in [7, 11) is 0. The van der Waals surface area contributed by atoms with Crippen molar-refractivity contribution in [3.8, 4) is 0 Å². The largest absolute Gasteiger partial charge is 0.348 e. The molecule has 6 nitrogen and oxygen atoms in total. The van der Waals surface area contributed by atoms with Gasteiger partial charge >= 0.3 is 0 Å². The van der Waals surface area contributed by atoms with Crippen LogP contribution in [0.3, 0.4) is 0 Å². The Labute approximate surface area is 216 Å². The highest BCUT2D eigenvalue weighted by atomic mass is 79.9. The number of amides is 2. The van der Waals surface area contributed by atoms with Gasteiger partial charge in [-0.05, 0) is 82.3 Å². The first kappa shape index (κ1) is 24.3. The molecule has 5 rings (SSSR count). The van der Waals surface area contributed by atoms with Crippen molar-refractivity contribution in [1.82, 2.24) is 15.1 Å². The zero-order valence-electron chi connectivity index (χ0n) is 19.7. The lowest BCUT2D eigenvalue weighted by atomic mass is 9.71. The fourth-order valence-electron chi connectivity index (χ4n) is 5.45. The smallest absolute Gasteiger partial charge is 0.272 e. The molecule has 2 heterocycles. The fourth-order valence-corrected chi connectivity index (χ4v) is 6.07. The van der Waals surface area contributed by atoms with E-state index in [2.05, 4.69) is 26.3 Å². The number of aromatic nitrogens is 2. The van der Waals surface area contributed by atoms with Crippen LogP contribution in [0, 0.1) is 11.2 Å². The zero-order chi connectivity index (χ0) is 24.9. The number of rotatable bonds is 4. The van der Waals surface area contributed by atoms with Crippen molar-refractivity contribution in [2.45, 2.75) is 58.0 Å². The molecular weight excluding hydrogens is 535 g/mol. The van der Waals surface area contributed by atoms with Crippen molar-refractivity contribution in [2.24, 2.45) is 5.41 Å². The molecular formula is C26H27BrClFN4O2. The molecule has 0 bridgehead atoms. The van der Waals surface area contributed by atoms with E-state index in [1.54, 1.807) is 11.0 Å². The lowest BCUT2D eigenvalue weighted by Crippen LogP contribution is -2.44. The number of anilines is 1. The summed E-state index contributed by atoms with van der Waals surface area (Å²) in [4.78, 5) is 28.3. The predicted molar refractivity (Wildman–Crippen MR) is 138 cm³/mol. The normalized spacial score (nSPS) is 22.5. The van der Waals surface area contributed by atoms with E-state index in [1.807, 2.05) is 36.7 Å². The molecule has 1 spiro atoms. The Morgan fingerprint density at radius 1 is 1.20 bits per heavy atom. The summed E-state index contributed by atoms with van der Waals surface area (Å²) in [6.07, 6.45) is 3.56. The number of nitrogens with zero attached hydrogens (tertiary/aromatic N) is 3. The molecule has 1 saturated heterocycles. The van der Waals surface area contributed by atoms with E-state index < -0.39 is 11.2 Å². The van der Waals surface area contributed by atoms with Gasteiger partial charge in [0.05, 0.1) is 21.6 Å². The zero-order valence-corrected chi connectivity index (χ0v) is 22.0. The maximum Gasteiger partial charge on any atom is 0.272 e. The number of halogens is 3. The van der Waals surface area contributed by atoms with Gasteiger partial charge in [-0.1, -0.05) is 27.5 Å². The van der Waals surface area contributed by atoms with Crippen molar-refractivity contribution in [3.63, 3.8) is 0 Å². The second-order valence-corrected chi connectivity index (χ2v) is 11.2. The van der Waals surface area contributed by atoms with E-state index in [-0.39, 0.29) is 28.9 Å². The van der Waals surface area contributed by atoms with Gasteiger partial charge in [0, 0.05) is 28.5 Å². The molecule has 1 aromatic heterocycles.